The molecule has 3 aromatic rings. The van der Waals surface area contributed by atoms with Crippen LogP contribution in [0.5, 0.6) is 0 Å². The van der Waals surface area contributed by atoms with Crippen molar-refractivity contribution in [3.63, 3.8) is 0 Å². The summed E-state index contributed by atoms with van der Waals surface area (Å²) in [5.41, 5.74) is 9.16. The summed E-state index contributed by atoms with van der Waals surface area (Å²) in [6, 6.07) is 11.3. The highest BCUT2D eigenvalue weighted by molar-refractivity contribution is 14.1. The van der Waals surface area contributed by atoms with Crippen molar-refractivity contribution in [3.05, 3.63) is 62.3 Å². The Morgan fingerprint density at radius 1 is 1.30 bits per heavy atom. The average molecular weight is 438 g/mol. The molecule has 1 aromatic heterocycles. The number of nitrogens with two attached hydrogens (primary N) is 1. The van der Waals surface area contributed by atoms with Crippen LogP contribution in [0.25, 0.3) is 10.9 Å². The number of primary amides is 1. The Balaban J connectivity index is 2.26. The van der Waals surface area contributed by atoms with Crippen LogP contribution in [0.1, 0.15) is 15.9 Å². The molecule has 6 heteroatoms. The Bertz CT molecular complexity index is 927. The van der Waals surface area contributed by atoms with Gasteiger partial charge in [-0.3, -0.25) is 9.78 Å². The average Bonchev–Trinajstić information content (AvgIpc) is 2.47. The number of anilines is 2. The molecule has 116 valence electrons. The molecule has 0 aliphatic heterocycles. The largest absolute Gasteiger partial charge is 0.365 e. The molecular formula is C17H13ClIN3O. The molecule has 0 unspecified atom stereocenters. The number of aromatic nitrogens is 1. The molecule has 23 heavy (non-hydrogen) atoms. The molecule has 0 aliphatic rings. The molecule has 0 aliphatic carbocycles. The van der Waals surface area contributed by atoms with Gasteiger partial charge in [0.1, 0.15) is 0 Å². The highest BCUT2D eigenvalue weighted by atomic mass is 127. The summed E-state index contributed by atoms with van der Waals surface area (Å²) in [4.78, 5) is 16.2. The van der Waals surface area contributed by atoms with Crippen LogP contribution >= 0.6 is 34.2 Å². The van der Waals surface area contributed by atoms with Crippen LogP contribution in [-0.2, 0) is 0 Å². The van der Waals surface area contributed by atoms with Crippen LogP contribution in [0, 0.1) is 10.5 Å². The molecule has 1 heterocycles. The topological polar surface area (TPSA) is 68.0 Å². The molecule has 3 N–H and O–H groups in total. The van der Waals surface area contributed by atoms with Gasteiger partial charge in [-0.05, 0) is 65.4 Å². The Hall–Kier alpha value is -1.86. The Morgan fingerprint density at radius 2 is 2.09 bits per heavy atom. The number of halogens is 2. The number of carbonyl (C=O) groups excluding carboxylic acids is 1. The first-order valence-electron chi connectivity index (χ1n) is 6.87. The highest BCUT2D eigenvalue weighted by Crippen LogP contribution is 2.32. The standard InChI is InChI=1S/C17H13ClIN3O/c1-9-5-11(19)7-13-15(9)21-8-14(17(20)23)16(13)22-12-4-2-3-10(18)6-12/h2-8H,1H3,(H2,20,23)(H,21,22). The molecule has 4 nitrogen and oxygen atoms in total. The molecule has 0 saturated carbocycles. The van der Waals surface area contributed by atoms with Crippen molar-refractivity contribution >= 4 is 62.4 Å². The number of rotatable bonds is 3. The number of amides is 1. The molecular weight excluding hydrogens is 425 g/mol. The van der Waals surface area contributed by atoms with E-state index in [4.69, 9.17) is 17.3 Å². The number of nitrogens with zero attached hydrogens (tertiary/aromatic N) is 1. The number of carbonyl (C=O) groups is 1. The van der Waals surface area contributed by atoms with E-state index < -0.39 is 5.91 Å². The van der Waals surface area contributed by atoms with Crippen molar-refractivity contribution in [2.45, 2.75) is 6.92 Å². The summed E-state index contributed by atoms with van der Waals surface area (Å²) in [5, 5.41) is 4.73. The zero-order chi connectivity index (χ0) is 16.6. The SMILES string of the molecule is Cc1cc(I)cc2c(Nc3cccc(Cl)c3)c(C(N)=O)cnc12. The smallest absolute Gasteiger partial charge is 0.252 e. The zero-order valence-electron chi connectivity index (χ0n) is 12.2. The van der Waals surface area contributed by atoms with E-state index in [0.717, 1.165) is 25.7 Å². The van der Waals surface area contributed by atoms with Crippen molar-refractivity contribution in [3.8, 4) is 0 Å². The number of nitrogens with one attached hydrogen (secondary N) is 1. The minimum absolute atomic E-state index is 0.346. The third-order valence-electron chi connectivity index (χ3n) is 3.49. The van der Waals surface area contributed by atoms with Gasteiger partial charge in [-0.15, -0.1) is 0 Å². The maximum absolute atomic E-state index is 11.8. The summed E-state index contributed by atoms with van der Waals surface area (Å²) in [6.07, 6.45) is 1.51. The van der Waals surface area contributed by atoms with Crippen LogP contribution in [0.2, 0.25) is 5.02 Å². The lowest BCUT2D eigenvalue weighted by Crippen LogP contribution is -2.14. The summed E-state index contributed by atoms with van der Waals surface area (Å²) >= 11 is 8.28. The Morgan fingerprint density at radius 3 is 2.78 bits per heavy atom. The van der Waals surface area contributed by atoms with Crippen molar-refractivity contribution in [2.75, 3.05) is 5.32 Å². The second kappa shape index (κ2) is 6.33. The first-order chi connectivity index (χ1) is 11.0. The monoisotopic (exact) mass is 437 g/mol. The number of hydrogen-bond donors (Lipinski definition) is 2. The number of benzene rings is 2. The van der Waals surface area contributed by atoms with E-state index in [-0.39, 0.29) is 0 Å². The summed E-state index contributed by atoms with van der Waals surface area (Å²) < 4.78 is 1.06. The van der Waals surface area contributed by atoms with Gasteiger partial charge < -0.3 is 11.1 Å². The fourth-order valence-corrected chi connectivity index (χ4v) is 3.44. The normalized spacial score (nSPS) is 10.7. The van der Waals surface area contributed by atoms with E-state index >= 15 is 0 Å². The number of aryl methyl sites for hydroxylation is 1. The van der Waals surface area contributed by atoms with Crippen molar-refractivity contribution in [1.82, 2.24) is 4.98 Å². The van der Waals surface area contributed by atoms with Gasteiger partial charge in [-0.2, -0.15) is 0 Å². The first-order valence-corrected chi connectivity index (χ1v) is 8.32. The summed E-state index contributed by atoms with van der Waals surface area (Å²) in [7, 11) is 0. The van der Waals surface area contributed by atoms with Gasteiger partial charge in [0.25, 0.3) is 5.91 Å². The highest BCUT2D eigenvalue weighted by Gasteiger charge is 2.15. The van der Waals surface area contributed by atoms with Crippen LogP contribution in [-0.4, -0.2) is 10.9 Å². The fraction of sp³-hybridized carbons (Fsp3) is 0.0588. The minimum Gasteiger partial charge on any atom is -0.365 e. The Labute approximate surface area is 152 Å². The van der Waals surface area contributed by atoms with Gasteiger partial charge in [-0.25, -0.2) is 0 Å². The number of hydrogen-bond acceptors (Lipinski definition) is 3. The molecule has 0 saturated heterocycles. The van der Waals surface area contributed by atoms with Crippen molar-refractivity contribution in [1.29, 1.82) is 0 Å². The predicted octanol–water partition coefficient (Wildman–Crippen LogP) is 4.64. The Kier molecular flexibility index (Phi) is 4.41. The molecule has 2 aromatic carbocycles. The lowest BCUT2D eigenvalue weighted by molar-refractivity contribution is 0.100. The fourth-order valence-electron chi connectivity index (χ4n) is 2.47. The lowest BCUT2D eigenvalue weighted by Gasteiger charge is -2.14. The minimum atomic E-state index is -0.527. The van der Waals surface area contributed by atoms with E-state index in [9.17, 15) is 4.79 Å². The molecule has 0 fully saturated rings. The van der Waals surface area contributed by atoms with Crippen molar-refractivity contribution < 1.29 is 4.79 Å². The van der Waals surface area contributed by atoms with E-state index in [2.05, 4.69) is 32.9 Å². The van der Waals surface area contributed by atoms with E-state index in [0.29, 0.717) is 16.3 Å². The number of pyridine rings is 1. The second-order valence-corrected chi connectivity index (χ2v) is 6.85. The lowest BCUT2D eigenvalue weighted by atomic mass is 10.1. The molecule has 0 bridgehead atoms. The second-order valence-electron chi connectivity index (χ2n) is 5.17. The van der Waals surface area contributed by atoms with Crippen LogP contribution in [0.15, 0.2) is 42.6 Å². The van der Waals surface area contributed by atoms with Crippen LogP contribution < -0.4 is 11.1 Å². The molecule has 0 spiro atoms. The van der Waals surface area contributed by atoms with Gasteiger partial charge in [0.05, 0.1) is 16.8 Å². The first kappa shape index (κ1) is 16.0. The molecule has 1 amide bonds. The quantitative estimate of drug-likeness (QED) is 0.586. The third kappa shape index (κ3) is 3.25. The maximum Gasteiger partial charge on any atom is 0.252 e. The van der Waals surface area contributed by atoms with Gasteiger partial charge in [0.15, 0.2) is 0 Å². The van der Waals surface area contributed by atoms with Crippen molar-refractivity contribution in [2.24, 2.45) is 5.73 Å². The van der Waals surface area contributed by atoms with E-state index in [1.54, 1.807) is 12.1 Å². The van der Waals surface area contributed by atoms with Gasteiger partial charge in [-0.1, -0.05) is 17.7 Å². The van der Waals surface area contributed by atoms with Crippen LogP contribution in [0.3, 0.4) is 0 Å². The molecule has 3 rings (SSSR count). The van der Waals surface area contributed by atoms with E-state index in [1.807, 2.05) is 31.2 Å². The summed E-state index contributed by atoms with van der Waals surface area (Å²) in [5.74, 6) is -0.527. The zero-order valence-corrected chi connectivity index (χ0v) is 15.1. The van der Waals surface area contributed by atoms with Crippen LogP contribution in [0.4, 0.5) is 11.4 Å². The van der Waals surface area contributed by atoms with E-state index in [1.165, 1.54) is 6.20 Å². The summed E-state index contributed by atoms with van der Waals surface area (Å²) in [6.45, 7) is 1.99. The van der Waals surface area contributed by atoms with Gasteiger partial charge in [0.2, 0.25) is 0 Å². The molecule has 0 atom stereocenters. The van der Waals surface area contributed by atoms with Gasteiger partial charge in [0, 0.05) is 25.9 Å². The number of fused-ring (bicyclic) bond motifs is 1. The molecule has 0 radical (unpaired) electrons. The maximum atomic E-state index is 11.8. The predicted molar refractivity (Wildman–Crippen MR) is 102 cm³/mol. The third-order valence-corrected chi connectivity index (χ3v) is 4.34. The van der Waals surface area contributed by atoms with Gasteiger partial charge >= 0.3 is 0 Å².